The number of hydrogen-bond acceptors (Lipinski definition) is 23. The van der Waals surface area contributed by atoms with Gasteiger partial charge in [-0.2, -0.15) is 0 Å². The summed E-state index contributed by atoms with van der Waals surface area (Å²) in [5, 5.41) is 44.8. The SMILES string of the molecule is COC(=O)[C@H](CNC(=O)OC(C)(C)C)NC(=O)c1sc(C(=O)NCc2cccc3c2CC(=O)N3)cc1C.COC(=O)[C@H](CNC(=O)c1cccs1)NC(=O)c1sc(C(=O)NCc2cccc3c2CC(=O)N3)cc1C.Cc1cc(C(=O)NCc2cccc3c2CC(=O)N3)sc1C(=O)N[C@@H](CNC(=O)c1cccs1)C(=O)O. The molecule has 3 aromatic carbocycles. The van der Waals surface area contributed by atoms with Crippen LogP contribution in [-0.4, -0.2) is 152 Å². The molecule has 31 nitrogen and oxygen atoms in total. The van der Waals surface area contributed by atoms with E-state index >= 15 is 0 Å². The van der Waals surface area contributed by atoms with Crippen LogP contribution >= 0.6 is 56.7 Å². The molecular weight excluding hydrogens is 1520 g/mol. The number of anilines is 3. The molecule has 3 aliphatic heterocycles. The fraction of sp³-hybridized carbons (Fsp3) is 0.284. The Hall–Kier alpha value is -12.0. The van der Waals surface area contributed by atoms with Crippen LogP contribution in [0.15, 0.2) is 108 Å². The molecule has 8 aromatic rings. The number of hydrogen-bond donors (Lipinski definition) is 13. The highest BCUT2D eigenvalue weighted by Crippen LogP contribution is 2.31. The summed E-state index contributed by atoms with van der Waals surface area (Å²) in [6.45, 7) is 10.1. The summed E-state index contributed by atoms with van der Waals surface area (Å²) in [7, 11) is 2.36. The van der Waals surface area contributed by atoms with E-state index in [1.54, 1.807) is 113 Å². The summed E-state index contributed by atoms with van der Waals surface area (Å²) in [6.07, 6.45) is 0.0287. The molecule has 110 heavy (non-hydrogen) atoms. The summed E-state index contributed by atoms with van der Waals surface area (Å²) in [6, 6.07) is 24.2. The summed E-state index contributed by atoms with van der Waals surface area (Å²) in [4.78, 5) is 187. The van der Waals surface area contributed by atoms with E-state index in [2.05, 4.69) is 63.8 Å². The Bertz CT molecular complexity index is 4900. The molecule has 11 rings (SSSR count). The number of rotatable bonds is 26. The van der Waals surface area contributed by atoms with Gasteiger partial charge in [0.15, 0.2) is 0 Å². The molecule has 0 saturated heterocycles. The number of amides is 12. The van der Waals surface area contributed by atoms with Crippen LogP contribution in [0, 0.1) is 20.8 Å². The third kappa shape index (κ3) is 21.9. The molecule has 3 aliphatic rings. The van der Waals surface area contributed by atoms with Gasteiger partial charge < -0.3 is 83.1 Å². The fourth-order valence-electron chi connectivity index (χ4n) is 11.1. The molecule has 576 valence electrons. The van der Waals surface area contributed by atoms with E-state index in [0.29, 0.717) is 36.2 Å². The maximum atomic E-state index is 13.0. The molecule has 3 atom stereocenters. The van der Waals surface area contributed by atoms with Crippen molar-refractivity contribution < 1.29 is 91.2 Å². The summed E-state index contributed by atoms with van der Waals surface area (Å²) >= 11 is 5.38. The van der Waals surface area contributed by atoms with Gasteiger partial charge in [-0.05, 0) is 151 Å². The van der Waals surface area contributed by atoms with Crippen LogP contribution in [0.2, 0.25) is 0 Å². The van der Waals surface area contributed by atoms with Crippen molar-refractivity contribution in [1.82, 2.24) is 47.9 Å². The van der Waals surface area contributed by atoms with Gasteiger partial charge in [-0.15, -0.1) is 56.7 Å². The van der Waals surface area contributed by atoms with E-state index in [1.807, 2.05) is 36.4 Å². The molecule has 0 unspecified atom stereocenters. The predicted molar refractivity (Wildman–Crippen MR) is 410 cm³/mol. The van der Waals surface area contributed by atoms with Crippen molar-refractivity contribution in [2.24, 2.45) is 0 Å². The number of methoxy groups -OCH3 is 2. The van der Waals surface area contributed by atoms with Crippen molar-refractivity contribution in [2.45, 2.75) is 104 Å². The van der Waals surface area contributed by atoms with Crippen LogP contribution in [0.1, 0.15) is 148 Å². The number of carbonyl (C=O) groups excluding carboxylic acids is 14. The Kier molecular flexibility index (Phi) is 27.8. The first-order chi connectivity index (χ1) is 52.4. The van der Waals surface area contributed by atoms with Crippen LogP contribution in [-0.2, 0) is 81.9 Å². The van der Waals surface area contributed by atoms with Crippen molar-refractivity contribution >= 4 is 163 Å². The van der Waals surface area contributed by atoms with Crippen LogP contribution < -0.4 is 63.8 Å². The fourth-order valence-corrected chi connectivity index (χ4v) is 15.4. The molecule has 13 N–H and O–H groups in total. The van der Waals surface area contributed by atoms with Gasteiger partial charge in [0.2, 0.25) is 17.7 Å². The van der Waals surface area contributed by atoms with E-state index in [4.69, 9.17) is 14.2 Å². The molecule has 0 fully saturated rings. The third-order valence-electron chi connectivity index (χ3n) is 16.5. The Balaban J connectivity index is 0.000000190. The number of aryl methyl sites for hydroxylation is 3. The monoisotopic (exact) mass is 1600 g/mol. The lowest BCUT2D eigenvalue weighted by Crippen LogP contribution is -2.49. The minimum Gasteiger partial charge on any atom is -0.480 e. The summed E-state index contributed by atoms with van der Waals surface area (Å²) < 4.78 is 14.7. The van der Waals surface area contributed by atoms with E-state index in [0.717, 1.165) is 84.5 Å². The Labute approximate surface area is 648 Å². The molecule has 12 amide bonds. The topological polar surface area (TPSA) is 448 Å². The van der Waals surface area contributed by atoms with Gasteiger partial charge in [-0.1, -0.05) is 48.5 Å². The highest BCUT2D eigenvalue weighted by Gasteiger charge is 2.32. The van der Waals surface area contributed by atoms with Crippen LogP contribution in [0.3, 0.4) is 0 Å². The minimum absolute atomic E-state index is 0.0883. The van der Waals surface area contributed by atoms with Crippen molar-refractivity contribution in [2.75, 3.05) is 49.8 Å². The van der Waals surface area contributed by atoms with E-state index in [1.165, 1.54) is 36.9 Å². The number of fused-ring (bicyclic) bond motifs is 3. The van der Waals surface area contributed by atoms with Crippen LogP contribution in [0.4, 0.5) is 21.9 Å². The lowest BCUT2D eigenvalue weighted by Gasteiger charge is -2.21. The number of carboxylic acid groups (broad SMARTS) is 1. The molecule has 8 heterocycles. The molecule has 5 aromatic heterocycles. The quantitative estimate of drug-likeness (QED) is 0.0199. The number of alkyl carbamates (subject to hydrolysis) is 1. The lowest BCUT2D eigenvalue weighted by molar-refractivity contribution is -0.143. The second-order valence-electron chi connectivity index (χ2n) is 25.6. The van der Waals surface area contributed by atoms with Crippen molar-refractivity contribution in [3.63, 3.8) is 0 Å². The number of carbonyl (C=O) groups is 15. The molecule has 0 spiro atoms. The maximum absolute atomic E-state index is 13.0. The highest BCUT2D eigenvalue weighted by atomic mass is 32.1. The first-order valence-corrected chi connectivity index (χ1v) is 37.9. The third-order valence-corrected chi connectivity index (χ3v) is 21.9. The lowest BCUT2D eigenvalue weighted by atomic mass is 10.0. The van der Waals surface area contributed by atoms with Crippen LogP contribution in [0.5, 0.6) is 0 Å². The largest absolute Gasteiger partial charge is 0.480 e. The van der Waals surface area contributed by atoms with Gasteiger partial charge in [0.25, 0.3) is 47.3 Å². The standard InChI is InChI=1S/C25H30N4O7S.C25H24N4O6S2.C24H22N4O6S2/c1-13-9-18(21(31)26-11-14-7-6-8-16-15(14)10-19(30)28-16)37-20(13)22(32)29-17(23(33)35-5)12-27-24(34)36-25(2,3)4;1-13-9-19(23(32)26-11-14-5-3-6-16-15(14)10-20(30)28-16)37-21(13)24(33)29-17(25(34)35-2)12-27-22(31)18-7-4-8-36-18;1-12-8-18(22(31)25-10-13-4-2-5-15-14(13)9-19(29)27-15)36-20(12)23(32)28-16(24(33)34)11-26-21(30)17-6-3-7-35-17/h6-9,17H,10-12H2,1-5H3,(H,26,31)(H,27,34)(H,28,30)(H,29,32);3-9,17H,10-12H2,1-2H3,(H,26,32)(H,27,31)(H,28,30)(H,29,33);2-8,16H,9-11H2,1H3,(H,25,31)(H,26,30)(H,27,29)(H,28,32)(H,33,34)/t2*17-;16-/m000/s1. The predicted octanol–water partition coefficient (Wildman–Crippen LogP) is 6.68. The second kappa shape index (κ2) is 37.2. The number of esters is 2. The average Bonchev–Trinajstić information content (AvgIpc) is 1.69. The van der Waals surface area contributed by atoms with Crippen molar-refractivity contribution in [1.29, 1.82) is 0 Å². The highest BCUT2D eigenvalue weighted by molar-refractivity contribution is 7.17. The molecular formula is C74H76N12O19S5. The zero-order valence-corrected chi connectivity index (χ0v) is 64.4. The Morgan fingerprint density at radius 1 is 0.427 bits per heavy atom. The van der Waals surface area contributed by atoms with Gasteiger partial charge in [-0.25, -0.2) is 19.2 Å². The van der Waals surface area contributed by atoms with E-state index in [9.17, 15) is 77.0 Å². The van der Waals surface area contributed by atoms with Gasteiger partial charge in [-0.3, -0.25) is 52.7 Å². The maximum Gasteiger partial charge on any atom is 0.407 e. The summed E-state index contributed by atoms with van der Waals surface area (Å²) in [5.41, 5.74) is 8.15. The molecule has 0 radical (unpaired) electrons. The zero-order chi connectivity index (χ0) is 79.7. The first-order valence-electron chi connectivity index (χ1n) is 33.7. The second-order valence-corrected chi connectivity index (χ2v) is 30.7. The van der Waals surface area contributed by atoms with E-state index in [-0.39, 0.29) is 113 Å². The smallest absolute Gasteiger partial charge is 0.407 e. The van der Waals surface area contributed by atoms with Gasteiger partial charge in [0, 0.05) is 49.8 Å². The van der Waals surface area contributed by atoms with Gasteiger partial charge in [0.1, 0.15) is 23.7 Å². The first kappa shape index (κ1) is 82.1. The number of thiophene rings is 5. The normalized spacial score (nSPS) is 12.9. The molecule has 0 bridgehead atoms. The van der Waals surface area contributed by atoms with Gasteiger partial charge in [0.05, 0.1) is 79.0 Å². The zero-order valence-electron chi connectivity index (χ0n) is 60.3. The number of ether oxygens (including phenoxy) is 3. The van der Waals surface area contributed by atoms with Gasteiger partial charge >= 0.3 is 24.0 Å². The van der Waals surface area contributed by atoms with Crippen molar-refractivity contribution in [3.8, 4) is 0 Å². The Morgan fingerprint density at radius 3 is 1.05 bits per heavy atom. The summed E-state index contributed by atoms with van der Waals surface area (Å²) in [5.74, 6) is -6.78. The van der Waals surface area contributed by atoms with Crippen LogP contribution in [0.25, 0.3) is 0 Å². The number of nitrogens with one attached hydrogen (secondary N) is 12. The van der Waals surface area contributed by atoms with E-state index < -0.39 is 77.3 Å². The molecule has 0 aliphatic carbocycles. The number of carboxylic acids is 1. The minimum atomic E-state index is -1.35. The number of aliphatic carboxylic acids is 1. The number of benzene rings is 3. The Morgan fingerprint density at radius 2 is 0.745 bits per heavy atom. The molecule has 0 saturated carbocycles. The molecule has 36 heteroatoms. The van der Waals surface area contributed by atoms with Crippen molar-refractivity contribution in [3.05, 3.63) is 197 Å². The average molecular weight is 1600 g/mol.